The molecule has 2 aromatic carbocycles. The van der Waals surface area contributed by atoms with Gasteiger partial charge in [0.2, 0.25) is 15.9 Å². The Morgan fingerprint density at radius 3 is 2.18 bits per heavy atom. The smallest absolute Gasteiger partial charge is 0.243 e. The standard InChI is InChI=1S/C26H34FN3O3S/c1-26(2,3)20-11-13-21(14-12-20)34(32,33)30-15-7-6-10-24(30)25(31)29-18-16-28(17-19-29)23-9-5-4-8-22(23)27/h4-5,8-9,11-14,24H,6-7,10,15-19H2,1-3H3/t24-/m1/s1. The third-order valence-corrected chi connectivity index (χ3v) is 8.77. The fourth-order valence-electron chi connectivity index (χ4n) is 4.79. The number of anilines is 1. The monoisotopic (exact) mass is 487 g/mol. The molecule has 184 valence electrons. The number of piperidine rings is 1. The summed E-state index contributed by atoms with van der Waals surface area (Å²) in [7, 11) is -3.79. The quantitative estimate of drug-likeness (QED) is 0.654. The number of amides is 1. The number of halogens is 1. The molecule has 1 atom stereocenters. The fraction of sp³-hybridized carbons (Fsp3) is 0.500. The van der Waals surface area contributed by atoms with E-state index in [2.05, 4.69) is 20.8 Å². The first-order chi connectivity index (χ1) is 16.1. The minimum Gasteiger partial charge on any atom is -0.366 e. The summed E-state index contributed by atoms with van der Waals surface area (Å²) >= 11 is 0. The second kappa shape index (κ2) is 9.66. The van der Waals surface area contributed by atoms with Crippen molar-refractivity contribution in [2.45, 2.75) is 56.4 Å². The van der Waals surface area contributed by atoms with Gasteiger partial charge in [0.15, 0.2) is 0 Å². The van der Waals surface area contributed by atoms with Crippen molar-refractivity contribution in [3.05, 3.63) is 59.9 Å². The van der Waals surface area contributed by atoms with E-state index in [1.165, 1.54) is 10.4 Å². The molecule has 0 bridgehead atoms. The lowest BCUT2D eigenvalue weighted by Crippen LogP contribution is -2.57. The van der Waals surface area contributed by atoms with E-state index < -0.39 is 16.1 Å². The highest BCUT2D eigenvalue weighted by molar-refractivity contribution is 7.89. The molecular weight excluding hydrogens is 453 g/mol. The third-order valence-electron chi connectivity index (χ3n) is 6.85. The van der Waals surface area contributed by atoms with Crippen LogP contribution in [0, 0.1) is 5.82 Å². The zero-order chi connectivity index (χ0) is 24.5. The number of carbonyl (C=O) groups excluding carboxylic acids is 1. The first-order valence-corrected chi connectivity index (χ1v) is 13.4. The van der Waals surface area contributed by atoms with Gasteiger partial charge < -0.3 is 9.80 Å². The number of sulfonamides is 1. The second-order valence-corrected chi connectivity index (χ2v) is 12.1. The molecule has 2 aliphatic heterocycles. The van der Waals surface area contributed by atoms with E-state index in [0.29, 0.717) is 44.8 Å². The Kier molecular flexibility index (Phi) is 7.01. The van der Waals surface area contributed by atoms with Gasteiger partial charge in [0.25, 0.3) is 0 Å². The van der Waals surface area contributed by atoms with Crippen molar-refractivity contribution in [3.8, 4) is 0 Å². The molecule has 0 unspecified atom stereocenters. The first-order valence-electron chi connectivity index (χ1n) is 12.0. The number of hydrogen-bond acceptors (Lipinski definition) is 4. The molecule has 2 fully saturated rings. The summed E-state index contributed by atoms with van der Waals surface area (Å²) in [6.45, 7) is 8.51. The normalized spacial score (nSPS) is 20.4. The summed E-state index contributed by atoms with van der Waals surface area (Å²) in [5.74, 6) is -0.424. The first kappa shape index (κ1) is 24.7. The van der Waals surface area contributed by atoms with E-state index in [1.807, 2.05) is 17.0 Å². The zero-order valence-electron chi connectivity index (χ0n) is 20.2. The lowest BCUT2D eigenvalue weighted by molar-refractivity contribution is -0.136. The van der Waals surface area contributed by atoms with E-state index in [1.54, 1.807) is 35.2 Å². The van der Waals surface area contributed by atoms with Gasteiger partial charge in [-0.3, -0.25) is 4.79 Å². The third kappa shape index (κ3) is 4.98. The molecule has 1 amide bonds. The number of benzene rings is 2. The van der Waals surface area contributed by atoms with Gasteiger partial charge in [-0.1, -0.05) is 51.5 Å². The number of carbonyl (C=O) groups is 1. The zero-order valence-corrected chi connectivity index (χ0v) is 21.0. The average molecular weight is 488 g/mol. The highest BCUT2D eigenvalue weighted by Gasteiger charge is 2.40. The number of rotatable bonds is 4. The lowest BCUT2D eigenvalue weighted by atomic mass is 9.87. The van der Waals surface area contributed by atoms with Crippen LogP contribution in [0.2, 0.25) is 0 Å². The van der Waals surface area contributed by atoms with Gasteiger partial charge in [0.1, 0.15) is 11.9 Å². The van der Waals surface area contributed by atoms with Gasteiger partial charge in [0.05, 0.1) is 10.6 Å². The molecule has 2 heterocycles. The molecule has 0 radical (unpaired) electrons. The van der Waals surface area contributed by atoms with Gasteiger partial charge in [-0.2, -0.15) is 4.31 Å². The number of nitrogens with zero attached hydrogens (tertiary/aromatic N) is 3. The van der Waals surface area contributed by atoms with Crippen LogP contribution in [0.1, 0.15) is 45.6 Å². The van der Waals surface area contributed by atoms with E-state index in [-0.39, 0.29) is 22.0 Å². The van der Waals surface area contributed by atoms with Crippen molar-refractivity contribution < 1.29 is 17.6 Å². The van der Waals surface area contributed by atoms with Crippen LogP contribution >= 0.6 is 0 Å². The average Bonchev–Trinajstić information content (AvgIpc) is 2.83. The number of piperazine rings is 1. The predicted molar refractivity (Wildman–Crippen MR) is 132 cm³/mol. The summed E-state index contributed by atoms with van der Waals surface area (Å²) in [5.41, 5.74) is 1.53. The van der Waals surface area contributed by atoms with Crippen LogP contribution in [0.15, 0.2) is 53.4 Å². The molecule has 0 aliphatic carbocycles. The maximum atomic E-state index is 14.2. The van der Waals surface area contributed by atoms with Crippen molar-refractivity contribution in [2.24, 2.45) is 0 Å². The van der Waals surface area contributed by atoms with Gasteiger partial charge >= 0.3 is 0 Å². The molecule has 8 heteroatoms. The molecule has 2 aliphatic rings. The van der Waals surface area contributed by atoms with Crippen molar-refractivity contribution in [1.82, 2.24) is 9.21 Å². The van der Waals surface area contributed by atoms with Gasteiger partial charge in [-0.15, -0.1) is 0 Å². The van der Waals surface area contributed by atoms with Crippen LogP contribution in [-0.4, -0.2) is 62.3 Å². The molecule has 0 spiro atoms. The minimum atomic E-state index is -3.79. The maximum absolute atomic E-state index is 14.2. The Bertz CT molecular complexity index is 1120. The molecule has 0 saturated carbocycles. The number of hydrogen-bond donors (Lipinski definition) is 0. The molecule has 34 heavy (non-hydrogen) atoms. The summed E-state index contributed by atoms with van der Waals surface area (Å²) in [4.78, 5) is 17.4. The van der Waals surface area contributed by atoms with E-state index in [4.69, 9.17) is 0 Å². The fourth-order valence-corrected chi connectivity index (χ4v) is 6.44. The maximum Gasteiger partial charge on any atom is 0.243 e. The largest absolute Gasteiger partial charge is 0.366 e. The van der Waals surface area contributed by atoms with E-state index in [0.717, 1.165) is 18.4 Å². The summed E-state index contributed by atoms with van der Waals surface area (Å²) < 4.78 is 42.6. The molecular formula is C26H34FN3O3S. The Morgan fingerprint density at radius 2 is 1.56 bits per heavy atom. The van der Waals surface area contributed by atoms with Gasteiger partial charge in [0, 0.05) is 32.7 Å². The highest BCUT2D eigenvalue weighted by atomic mass is 32.2. The van der Waals surface area contributed by atoms with Crippen molar-refractivity contribution in [2.75, 3.05) is 37.6 Å². The molecule has 4 rings (SSSR count). The lowest BCUT2D eigenvalue weighted by Gasteiger charge is -2.41. The van der Waals surface area contributed by atoms with E-state index >= 15 is 0 Å². The Hall–Kier alpha value is -2.45. The molecule has 6 nitrogen and oxygen atoms in total. The summed E-state index contributed by atoms with van der Waals surface area (Å²) in [6.07, 6.45) is 2.08. The van der Waals surface area contributed by atoms with Crippen LogP contribution < -0.4 is 4.90 Å². The van der Waals surface area contributed by atoms with Crippen molar-refractivity contribution in [1.29, 1.82) is 0 Å². The number of para-hydroxylation sites is 1. The Morgan fingerprint density at radius 1 is 0.912 bits per heavy atom. The Balaban J connectivity index is 1.48. The summed E-state index contributed by atoms with van der Waals surface area (Å²) in [5, 5.41) is 0. The van der Waals surface area contributed by atoms with Crippen LogP contribution in [-0.2, 0) is 20.2 Å². The SMILES string of the molecule is CC(C)(C)c1ccc(S(=O)(=O)N2CCCC[C@@H]2C(=O)N2CCN(c3ccccc3F)CC2)cc1. The van der Waals surface area contributed by atoms with E-state index in [9.17, 15) is 17.6 Å². The Labute approximate surface area is 202 Å². The van der Waals surface area contributed by atoms with Crippen LogP contribution in [0.4, 0.5) is 10.1 Å². The van der Waals surface area contributed by atoms with Crippen molar-refractivity contribution in [3.63, 3.8) is 0 Å². The van der Waals surface area contributed by atoms with Crippen LogP contribution in [0.5, 0.6) is 0 Å². The predicted octanol–water partition coefficient (Wildman–Crippen LogP) is 4.02. The molecule has 0 N–H and O–H groups in total. The molecule has 2 aromatic rings. The topological polar surface area (TPSA) is 60.9 Å². The minimum absolute atomic E-state index is 0.0727. The summed E-state index contributed by atoms with van der Waals surface area (Å²) in [6, 6.07) is 13.0. The molecule has 2 saturated heterocycles. The van der Waals surface area contributed by atoms with Crippen molar-refractivity contribution >= 4 is 21.6 Å². The van der Waals surface area contributed by atoms with Gasteiger partial charge in [-0.05, 0) is 48.1 Å². The van der Waals surface area contributed by atoms with Crippen LogP contribution in [0.25, 0.3) is 0 Å². The highest BCUT2D eigenvalue weighted by Crippen LogP contribution is 2.29. The van der Waals surface area contributed by atoms with Gasteiger partial charge in [-0.25, -0.2) is 12.8 Å². The molecule has 0 aromatic heterocycles. The second-order valence-electron chi connectivity index (χ2n) is 10.2. The van der Waals surface area contributed by atoms with Crippen LogP contribution in [0.3, 0.4) is 0 Å².